The van der Waals surface area contributed by atoms with E-state index in [-0.39, 0.29) is 36.9 Å². The summed E-state index contributed by atoms with van der Waals surface area (Å²) in [6, 6.07) is 0. The summed E-state index contributed by atoms with van der Waals surface area (Å²) in [6.07, 6.45) is 0.994. The molecule has 8 nitrogen and oxygen atoms in total. The molecule has 0 fully saturated rings. The van der Waals surface area contributed by atoms with Gasteiger partial charge in [0.15, 0.2) is 0 Å². The van der Waals surface area contributed by atoms with Gasteiger partial charge in [0.05, 0.1) is 20.1 Å². The van der Waals surface area contributed by atoms with Crippen molar-refractivity contribution in [3.8, 4) is 0 Å². The Balaban J connectivity index is 3.93. The highest BCUT2D eigenvalue weighted by Gasteiger charge is 2.32. The van der Waals surface area contributed by atoms with Gasteiger partial charge in [0.2, 0.25) is 11.8 Å². The van der Waals surface area contributed by atoms with E-state index in [4.69, 9.17) is 9.84 Å². The summed E-state index contributed by atoms with van der Waals surface area (Å²) < 4.78 is 4.76. The Morgan fingerprint density at radius 1 is 1.10 bits per heavy atom. The Morgan fingerprint density at radius 3 is 2.31 bits per heavy atom. The van der Waals surface area contributed by atoms with Gasteiger partial charge in [-0.05, 0) is 17.6 Å². The van der Waals surface area contributed by atoms with Crippen molar-refractivity contribution in [2.75, 3.05) is 38.3 Å². The van der Waals surface area contributed by atoms with Gasteiger partial charge < -0.3 is 25.6 Å². The van der Waals surface area contributed by atoms with E-state index in [2.05, 4.69) is 24.5 Å². The zero-order valence-electron chi connectivity index (χ0n) is 18.4. The molecule has 0 aromatic carbocycles. The summed E-state index contributed by atoms with van der Waals surface area (Å²) in [6.45, 7) is 7.64. The molecule has 170 valence electrons. The van der Waals surface area contributed by atoms with Crippen LogP contribution in [-0.4, -0.2) is 72.4 Å². The average molecular weight is 435 g/mol. The zero-order valence-corrected chi connectivity index (χ0v) is 19.2. The highest BCUT2D eigenvalue weighted by molar-refractivity contribution is 7.99. The molecule has 0 aromatic heterocycles. The van der Waals surface area contributed by atoms with E-state index >= 15 is 0 Å². The number of ether oxygens (including phenoxy) is 1. The van der Waals surface area contributed by atoms with E-state index in [1.165, 1.54) is 7.11 Å². The predicted molar refractivity (Wildman–Crippen MR) is 114 cm³/mol. The first-order chi connectivity index (χ1) is 13.5. The standard InChI is InChI=1S/C20H38N2O6S/c1-6-20(4,13-16(25)28-5)8-11-29-12-10-21-15(24)7-9-22-18(27)17(26)19(2,3)14-23/h17,23,26H,6-14H2,1-5H3,(H,21,24)(H,22,27). The van der Waals surface area contributed by atoms with Crippen molar-refractivity contribution < 1.29 is 29.3 Å². The van der Waals surface area contributed by atoms with Gasteiger partial charge in [-0.2, -0.15) is 11.8 Å². The molecule has 0 rings (SSSR count). The number of hydrogen-bond acceptors (Lipinski definition) is 7. The fraction of sp³-hybridized carbons (Fsp3) is 0.850. The van der Waals surface area contributed by atoms with Gasteiger partial charge in [0.1, 0.15) is 6.10 Å². The maximum absolute atomic E-state index is 11.8. The Hall–Kier alpha value is -1.32. The molecule has 29 heavy (non-hydrogen) atoms. The normalized spacial score (nSPS) is 14.6. The van der Waals surface area contributed by atoms with Gasteiger partial charge in [-0.3, -0.25) is 14.4 Å². The first kappa shape index (κ1) is 27.7. The third kappa shape index (κ3) is 11.4. The molecule has 0 saturated carbocycles. The van der Waals surface area contributed by atoms with Gasteiger partial charge in [0, 0.05) is 30.7 Å². The van der Waals surface area contributed by atoms with Crippen molar-refractivity contribution in [1.82, 2.24) is 10.6 Å². The van der Waals surface area contributed by atoms with Crippen LogP contribution in [0.3, 0.4) is 0 Å². The molecule has 0 bridgehead atoms. The second-order valence-electron chi connectivity index (χ2n) is 8.22. The maximum Gasteiger partial charge on any atom is 0.306 e. The number of methoxy groups -OCH3 is 1. The summed E-state index contributed by atoms with van der Waals surface area (Å²) >= 11 is 1.72. The molecule has 0 aliphatic carbocycles. The van der Waals surface area contributed by atoms with E-state index < -0.39 is 17.4 Å². The predicted octanol–water partition coefficient (Wildman–Crippen LogP) is 1.09. The van der Waals surface area contributed by atoms with E-state index in [0.717, 1.165) is 24.3 Å². The fourth-order valence-corrected chi connectivity index (χ4v) is 3.51. The van der Waals surface area contributed by atoms with Crippen LogP contribution in [-0.2, 0) is 19.1 Å². The number of carbonyl (C=O) groups excluding carboxylic acids is 3. The summed E-state index contributed by atoms with van der Waals surface area (Å²) in [5.74, 6) is 0.695. The van der Waals surface area contributed by atoms with Crippen LogP contribution >= 0.6 is 11.8 Å². The Kier molecular flexibility index (Phi) is 13.2. The van der Waals surface area contributed by atoms with Crippen molar-refractivity contribution in [2.24, 2.45) is 10.8 Å². The first-order valence-corrected chi connectivity index (χ1v) is 11.1. The second kappa shape index (κ2) is 13.8. The molecule has 0 saturated heterocycles. The number of nitrogens with one attached hydrogen (secondary N) is 2. The summed E-state index contributed by atoms with van der Waals surface area (Å²) in [4.78, 5) is 35.1. The van der Waals surface area contributed by atoms with Crippen LogP contribution in [0, 0.1) is 10.8 Å². The van der Waals surface area contributed by atoms with E-state index in [9.17, 15) is 19.5 Å². The number of thioether (sulfide) groups is 1. The lowest BCUT2D eigenvalue weighted by Gasteiger charge is -2.27. The van der Waals surface area contributed by atoms with Crippen molar-refractivity contribution >= 4 is 29.5 Å². The van der Waals surface area contributed by atoms with Crippen LogP contribution in [0.25, 0.3) is 0 Å². The molecule has 0 aliphatic rings. The van der Waals surface area contributed by atoms with Gasteiger partial charge >= 0.3 is 5.97 Å². The van der Waals surface area contributed by atoms with Crippen LogP contribution in [0.1, 0.15) is 53.4 Å². The number of hydrogen-bond donors (Lipinski definition) is 4. The van der Waals surface area contributed by atoms with Crippen molar-refractivity contribution in [3.63, 3.8) is 0 Å². The molecule has 2 amide bonds. The molecular weight excluding hydrogens is 396 g/mol. The minimum Gasteiger partial charge on any atom is -0.469 e. The van der Waals surface area contributed by atoms with Crippen LogP contribution in [0.15, 0.2) is 0 Å². The monoisotopic (exact) mass is 434 g/mol. The Morgan fingerprint density at radius 2 is 1.76 bits per heavy atom. The molecule has 0 aliphatic heterocycles. The number of aliphatic hydroxyl groups is 2. The molecule has 9 heteroatoms. The Bertz CT molecular complexity index is 529. The van der Waals surface area contributed by atoms with Crippen LogP contribution in [0.2, 0.25) is 0 Å². The smallest absolute Gasteiger partial charge is 0.306 e. The molecule has 0 spiro atoms. The number of rotatable bonds is 15. The maximum atomic E-state index is 11.8. The average Bonchev–Trinajstić information content (AvgIpc) is 2.69. The molecule has 2 unspecified atom stereocenters. The SMILES string of the molecule is CCC(C)(CCSCCNC(=O)CCNC(=O)C(O)C(C)(C)CO)CC(=O)OC. The van der Waals surface area contributed by atoms with E-state index in [1.807, 2.05) is 0 Å². The third-order valence-corrected chi connectivity index (χ3v) is 6.10. The minimum absolute atomic E-state index is 0.0727. The third-order valence-electron chi connectivity index (χ3n) is 5.12. The summed E-state index contributed by atoms with van der Waals surface area (Å²) in [5, 5.41) is 24.3. The largest absolute Gasteiger partial charge is 0.469 e. The van der Waals surface area contributed by atoms with Gasteiger partial charge in [0.25, 0.3) is 0 Å². The van der Waals surface area contributed by atoms with E-state index in [0.29, 0.717) is 13.0 Å². The van der Waals surface area contributed by atoms with E-state index in [1.54, 1.807) is 25.6 Å². The topological polar surface area (TPSA) is 125 Å². The molecule has 2 atom stereocenters. The Labute approximate surface area is 178 Å². The van der Waals surface area contributed by atoms with Crippen LogP contribution < -0.4 is 10.6 Å². The number of amides is 2. The molecule has 0 aromatic rings. The highest BCUT2D eigenvalue weighted by atomic mass is 32.2. The quantitative estimate of drug-likeness (QED) is 0.225. The van der Waals surface area contributed by atoms with Crippen molar-refractivity contribution in [2.45, 2.75) is 59.5 Å². The zero-order chi connectivity index (χ0) is 22.5. The molecule has 0 heterocycles. The summed E-state index contributed by atoms with van der Waals surface area (Å²) in [7, 11) is 1.40. The van der Waals surface area contributed by atoms with Gasteiger partial charge in [-0.25, -0.2) is 0 Å². The number of carbonyl (C=O) groups is 3. The first-order valence-electron chi connectivity index (χ1n) is 9.99. The minimum atomic E-state index is -1.33. The second-order valence-corrected chi connectivity index (χ2v) is 9.44. The lowest BCUT2D eigenvalue weighted by Crippen LogP contribution is -2.46. The lowest BCUT2D eigenvalue weighted by molar-refractivity contribution is -0.143. The van der Waals surface area contributed by atoms with Gasteiger partial charge in [-0.15, -0.1) is 0 Å². The molecule has 4 N–H and O–H groups in total. The fourth-order valence-electron chi connectivity index (χ4n) is 2.42. The van der Waals surface area contributed by atoms with Crippen molar-refractivity contribution in [1.29, 1.82) is 0 Å². The van der Waals surface area contributed by atoms with Gasteiger partial charge in [-0.1, -0.05) is 34.1 Å². The van der Waals surface area contributed by atoms with Crippen LogP contribution in [0.5, 0.6) is 0 Å². The molecule has 0 radical (unpaired) electrons. The number of aliphatic hydroxyl groups excluding tert-OH is 2. The highest BCUT2D eigenvalue weighted by Crippen LogP contribution is 2.31. The number of esters is 1. The summed E-state index contributed by atoms with van der Waals surface area (Å²) in [5.41, 5.74) is -1.01. The van der Waals surface area contributed by atoms with Crippen molar-refractivity contribution in [3.05, 3.63) is 0 Å². The molecular formula is C20H38N2O6S. The lowest BCUT2D eigenvalue weighted by atomic mass is 9.81. The van der Waals surface area contributed by atoms with Crippen LogP contribution in [0.4, 0.5) is 0 Å².